The molecule has 6 nitrogen and oxygen atoms in total. The third kappa shape index (κ3) is 4.54. The van der Waals surface area contributed by atoms with Crippen LogP contribution < -0.4 is 5.32 Å². The van der Waals surface area contributed by atoms with Crippen LogP contribution in [-0.4, -0.2) is 42.1 Å². The summed E-state index contributed by atoms with van der Waals surface area (Å²) in [7, 11) is 1.37. The zero-order valence-corrected chi connectivity index (χ0v) is 18.6. The number of para-hydroxylation sites is 1. The van der Waals surface area contributed by atoms with E-state index in [-0.39, 0.29) is 18.0 Å². The molecule has 0 saturated carbocycles. The lowest BCUT2D eigenvalue weighted by Crippen LogP contribution is -2.42. The Morgan fingerprint density at radius 3 is 2.91 bits per heavy atom. The molecule has 1 aliphatic carbocycles. The monoisotopic (exact) mass is 431 g/mol. The normalized spacial score (nSPS) is 15.1. The van der Waals surface area contributed by atoms with E-state index in [2.05, 4.69) is 39.3 Å². The number of aromatic nitrogens is 1. The minimum absolute atomic E-state index is 0.0279. The van der Waals surface area contributed by atoms with Gasteiger partial charge in [-0.05, 0) is 60.6 Å². The number of benzene rings is 2. The van der Waals surface area contributed by atoms with Crippen LogP contribution in [0.2, 0.25) is 0 Å². The van der Waals surface area contributed by atoms with Crippen molar-refractivity contribution < 1.29 is 14.3 Å². The summed E-state index contributed by atoms with van der Waals surface area (Å²) in [5.74, 6) is -0.372. The number of hydrogen-bond acceptors (Lipinski definition) is 3. The molecule has 0 saturated heterocycles. The molecule has 4 rings (SSSR count). The SMILES string of the molecule is CCNC(=O)N(CCc1c[nH]c2ccccc12)C1CCc2cc(C=CC(=O)OC)ccc21. The van der Waals surface area contributed by atoms with E-state index in [4.69, 9.17) is 0 Å². The van der Waals surface area contributed by atoms with Gasteiger partial charge in [0.15, 0.2) is 0 Å². The summed E-state index contributed by atoms with van der Waals surface area (Å²) < 4.78 is 4.67. The lowest BCUT2D eigenvalue weighted by Gasteiger charge is -2.30. The van der Waals surface area contributed by atoms with E-state index in [9.17, 15) is 9.59 Å². The Kier molecular flexibility index (Phi) is 6.59. The first-order valence-electron chi connectivity index (χ1n) is 11.1. The summed E-state index contributed by atoms with van der Waals surface area (Å²) in [5, 5.41) is 4.19. The Morgan fingerprint density at radius 2 is 2.09 bits per heavy atom. The predicted molar refractivity (Wildman–Crippen MR) is 126 cm³/mol. The number of esters is 1. The number of rotatable bonds is 7. The Bertz CT molecular complexity index is 1150. The van der Waals surface area contributed by atoms with Crippen molar-refractivity contribution in [1.29, 1.82) is 0 Å². The molecule has 2 aromatic carbocycles. The highest BCUT2D eigenvalue weighted by molar-refractivity contribution is 5.87. The highest BCUT2D eigenvalue weighted by atomic mass is 16.5. The molecule has 0 radical (unpaired) electrons. The van der Waals surface area contributed by atoms with E-state index in [1.807, 2.05) is 36.2 Å². The number of carbonyl (C=O) groups excluding carboxylic acids is 2. The Morgan fingerprint density at radius 1 is 1.25 bits per heavy atom. The van der Waals surface area contributed by atoms with Gasteiger partial charge in [-0.3, -0.25) is 0 Å². The van der Waals surface area contributed by atoms with Crippen LogP contribution >= 0.6 is 0 Å². The summed E-state index contributed by atoms with van der Waals surface area (Å²) in [6.07, 6.45) is 7.82. The number of aromatic amines is 1. The zero-order chi connectivity index (χ0) is 22.5. The number of fused-ring (bicyclic) bond motifs is 2. The number of aryl methyl sites for hydroxylation is 1. The first kappa shape index (κ1) is 21.7. The average molecular weight is 432 g/mol. The minimum Gasteiger partial charge on any atom is -0.466 e. The smallest absolute Gasteiger partial charge is 0.330 e. The van der Waals surface area contributed by atoms with E-state index >= 15 is 0 Å². The van der Waals surface area contributed by atoms with Crippen molar-refractivity contribution >= 4 is 29.0 Å². The number of methoxy groups -OCH3 is 1. The number of H-pyrrole nitrogens is 1. The summed E-state index contributed by atoms with van der Waals surface area (Å²) in [6.45, 7) is 3.18. The van der Waals surface area contributed by atoms with Gasteiger partial charge in [0.1, 0.15) is 0 Å². The lowest BCUT2D eigenvalue weighted by atomic mass is 10.0. The molecule has 32 heavy (non-hydrogen) atoms. The fourth-order valence-corrected chi connectivity index (χ4v) is 4.51. The number of carbonyl (C=O) groups is 2. The highest BCUT2D eigenvalue weighted by Crippen LogP contribution is 2.37. The first-order chi connectivity index (χ1) is 15.6. The van der Waals surface area contributed by atoms with E-state index in [0.29, 0.717) is 13.1 Å². The fourth-order valence-electron chi connectivity index (χ4n) is 4.51. The van der Waals surface area contributed by atoms with Gasteiger partial charge in [-0.15, -0.1) is 0 Å². The molecule has 0 aliphatic heterocycles. The van der Waals surface area contributed by atoms with Crippen LogP contribution in [0.1, 0.15) is 41.6 Å². The van der Waals surface area contributed by atoms with Crippen LogP contribution in [0.15, 0.2) is 54.7 Å². The molecular weight excluding hydrogens is 402 g/mol. The van der Waals surface area contributed by atoms with Gasteiger partial charge in [0.25, 0.3) is 0 Å². The molecule has 0 bridgehead atoms. The molecule has 166 valence electrons. The average Bonchev–Trinajstić information content (AvgIpc) is 3.42. The molecule has 0 fully saturated rings. The molecule has 1 unspecified atom stereocenters. The summed E-state index contributed by atoms with van der Waals surface area (Å²) in [5.41, 5.74) is 5.70. The van der Waals surface area contributed by atoms with Gasteiger partial charge >= 0.3 is 12.0 Å². The van der Waals surface area contributed by atoms with Crippen molar-refractivity contribution in [2.24, 2.45) is 0 Å². The number of hydrogen-bond donors (Lipinski definition) is 2. The zero-order valence-electron chi connectivity index (χ0n) is 18.6. The van der Waals surface area contributed by atoms with E-state index in [0.717, 1.165) is 30.3 Å². The highest BCUT2D eigenvalue weighted by Gasteiger charge is 2.31. The van der Waals surface area contributed by atoms with Gasteiger partial charge in [-0.1, -0.05) is 36.4 Å². The quantitative estimate of drug-likeness (QED) is 0.424. The molecule has 2 amide bonds. The molecule has 0 spiro atoms. The summed E-state index contributed by atoms with van der Waals surface area (Å²) in [6, 6.07) is 14.4. The van der Waals surface area contributed by atoms with Crippen molar-refractivity contribution in [3.63, 3.8) is 0 Å². The largest absolute Gasteiger partial charge is 0.466 e. The molecule has 6 heteroatoms. The molecule has 2 N–H and O–H groups in total. The number of urea groups is 1. The summed E-state index contributed by atoms with van der Waals surface area (Å²) >= 11 is 0. The molecule has 1 aromatic heterocycles. The standard InChI is InChI=1S/C26H29N3O3/c1-3-27-26(31)29(15-14-20-17-28-23-7-5-4-6-21(20)23)24-12-10-19-16-18(8-11-22(19)24)9-13-25(30)32-2/h4-9,11,13,16-17,24,28H,3,10,12,14-15H2,1-2H3,(H,27,31). The van der Waals surface area contributed by atoms with Crippen LogP contribution in [0.25, 0.3) is 17.0 Å². The van der Waals surface area contributed by atoms with Gasteiger partial charge in [0.05, 0.1) is 13.2 Å². The van der Waals surface area contributed by atoms with Crippen molar-refractivity contribution in [3.05, 3.63) is 77.0 Å². The van der Waals surface area contributed by atoms with Crippen LogP contribution in [0.4, 0.5) is 4.79 Å². The van der Waals surface area contributed by atoms with Crippen molar-refractivity contribution in [2.75, 3.05) is 20.2 Å². The van der Waals surface area contributed by atoms with Crippen LogP contribution in [0.5, 0.6) is 0 Å². The summed E-state index contributed by atoms with van der Waals surface area (Å²) in [4.78, 5) is 29.7. The third-order valence-corrected chi connectivity index (χ3v) is 6.09. The predicted octanol–water partition coefficient (Wildman–Crippen LogP) is 4.62. The third-order valence-electron chi connectivity index (χ3n) is 6.09. The fraction of sp³-hybridized carbons (Fsp3) is 0.308. The maximum absolute atomic E-state index is 13.0. The van der Waals surface area contributed by atoms with Gasteiger partial charge in [-0.25, -0.2) is 9.59 Å². The molecule has 3 aromatic rings. The Balaban J connectivity index is 1.55. The van der Waals surface area contributed by atoms with Crippen LogP contribution in [0.3, 0.4) is 0 Å². The second-order valence-corrected chi connectivity index (χ2v) is 8.01. The Hall–Kier alpha value is -3.54. The van der Waals surface area contributed by atoms with Gasteiger partial charge in [0.2, 0.25) is 0 Å². The van der Waals surface area contributed by atoms with Crippen molar-refractivity contribution in [3.8, 4) is 0 Å². The van der Waals surface area contributed by atoms with E-state index in [1.54, 1.807) is 6.08 Å². The first-order valence-corrected chi connectivity index (χ1v) is 11.1. The molecule has 1 aliphatic rings. The molecule has 1 heterocycles. The maximum atomic E-state index is 13.0. The molecule has 1 atom stereocenters. The van der Waals surface area contributed by atoms with Crippen LogP contribution in [-0.2, 0) is 22.4 Å². The Labute approximate surface area is 188 Å². The van der Waals surface area contributed by atoms with Crippen molar-refractivity contribution in [2.45, 2.75) is 32.2 Å². The van der Waals surface area contributed by atoms with Crippen molar-refractivity contribution in [1.82, 2.24) is 15.2 Å². The van der Waals surface area contributed by atoms with Gasteiger partial charge in [-0.2, -0.15) is 0 Å². The second kappa shape index (κ2) is 9.73. The van der Waals surface area contributed by atoms with Gasteiger partial charge < -0.3 is 19.9 Å². The number of amides is 2. The maximum Gasteiger partial charge on any atom is 0.330 e. The van der Waals surface area contributed by atoms with E-state index in [1.165, 1.54) is 35.3 Å². The van der Waals surface area contributed by atoms with Crippen LogP contribution in [0, 0.1) is 0 Å². The second-order valence-electron chi connectivity index (χ2n) is 8.01. The molecular formula is C26H29N3O3. The lowest BCUT2D eigenvalue weighted by molar-refractivity contribution is -0.134. The number of nitrogens with one attached hydrogen (secondary N) is 2. The number of nitrogens with zero attached hydrogens (tertiary/aromatic N) is 1. The van der Waals surface area contributed by atoms with E-state index < -0.39 is 0 Å². The van der Waals surface area contributed by atoms with Gasteiger partial charge in [0, 0.05) is 36.3 Å². The minimum atomic E-state index is -0.372. The number of ether oxygens (including phenoxy) is 1. The topological polar surface area (TPSA) is 74.4 Å².